The van der Waals surface area contributed by atoms with E-state index >= 15 is 0 Å². The van der Waals surface area contributed by atoms with Gasteiger partial charge in [0.05, 0.1) is 0 Å². The van der Waals surface area contributed by atoms with Gasteiger partial charge in [0.25, 0.3) is 0 Å². The van der Waals surface area contributed by atoms with Gasteiger partial charge in [-0.3, -0.25) is 4.79 Å². The van der Waals surface area contributed by atoms with Crippen LogP contribution in [0.2, 0.25) is 0 Å². The molecule has 0 fully saturated rings. The van der Waals surface area contributed by atoms with Crippen molar-refractivity contribution in [3.63, 3.8) is 0 Å². The van der Waals surface area contributed by atoms with Gasteiger partial charge in [0.2, 0.25) is 0 Å². The van der Waals surface area contributed by atoms with E-state index in [1.54, 1.807) is 29.1 Å². The van der Waals surface area contributed by atoms with E-state index in [2.05, 4.69) is 4.98 Å². The fraction of sp³-hybridized carbons (Fsp3) is 0.286. The molecule has 0 saturated carbocycles. The fourth-order valence-corrected chi connectivity index (χ4v) is 2.09. The van der Waals surface area contributed by atoms with E-state index in [9.17, 15) is 14.3 Å². The van der Waals surface area contributed by atoms with Crippen molar-refractivity contribution in [3.8, 4) is 0 Å². The van der Waals surface area contributed by atoms with Crippen LogP contribution in [0.4, 0.5) is 4.39 Å². The van der Waals surface area contributed by atoms with Gasteiger partial charge >= 0.3 is 5.97 Å². The maximum atomic E-state index is 13.1. The topological polar surface area (TPSA) is 55.1 Å². The van der Waals surface area contributed by atoms with E-state index in [0.29, 0.717) is 17.9 Å². The van der Waals surface area contributed by atoms with Crippen molar-refractivity contribution < 1.29 is 14.3 Å². The third-order valence-electron chi connectivity index (χ3n) is 3.03. The van der Waals surface area contributed by atoms with E-state index in [0.717, 1.165) is 0 Å². The molecule has 1 unspecified atom stereocenters. The number of carbonyl (C=O) groups is 1. The third kappa shape index (κ3) is 2.99. The monoisotopic (exact) mass is 262 g/mol. The average molecular weight is 262 g/mol. The Morgan fingerprint density at radius 2 is 2.32 bits per heavy atom. The van der Waals surface area contributed by atoms with Crippen LogP contribution in [-0.2, 0) is 17.8 Å². The highest BCUT2D eigenvalue weighted by atomic mass is 19.1. The highest BCUT2D eigenvalue weighted by Gasteiger charge is 2.24. The number of benzene rings is 1. The second-order valence-corrected chi connectivity index (χ2v) is 4.30. The summed E-state index contributed by atoms with van der Waals surface area (Å²) in [5.74, 6) is -1.58. The maximum Gasteiger partial charge on any atom is 0.314 e. The van der Waals surface area contributed by atoms with Gasteiger partial charge in [0, 0.05) is 18.9 Å². The number of carboxylic acid groups (broad SMARTS) is 1. The molecule has 0 bridgehead atoms. The van der Waals surface area contributed by atoms with Crippen molar-refractivity contribution in [2.75, 3.05) is 0 Å². The smallest absolute Gasteiger partial charge is 0.314 e. The number of imidazole rings is 1. The van der Waals surface area contributed by atoms with Crippen LogP contribution in [-0.4, -0.2) is 20.6 Å². The standard InChI is InChI=1S/C14H15FN2O2/c1-2-17-7-6-16-13(17)12(14(18)19)9-10-4-3-5-11(15)8-10/h3-8,12H,2,9H2,1H3,(H,18,19). The summed E-state index contributed by atoms with van der Waals surface area (Å²) in [6, 6.07) is 6.00. The third-order valence-corrected chi connectivity index (χ3v) is 3.03. The summed E-state index contributed by atoms with van der Waals surface area (Å²) in [4.78, 5) is 15.5. The van der Waals surface area contributed by atoms with Crippen molar-refractivity contribution in [2.45, 2.75) is 25.8 Å². The van der Waals surface area contributed by atoms with Gasteiger partial charge in [-0.05, 0) is 31.0 Å². The van der Waals surface area contributed by atoms with Gasteiger partial charge in [-0.2, -0.15) is 0 Å². The Hall–Kier alpha value is -2.17. The van der Waals surface area contributed by atoms with Gasteiger partial charge in [-0.25, -0.2) is 9.37 Å². The molecule has 2 aromatic rings. The molecule has 0 aliphatic rings. The van der Waals surface area contributed by atoms with Crippen molar-refractivity contribution in [3.05, 3.63) is 53.9 Å². The van der Waals surface area contributed by atoms with Gasteiger partial charge in [0.15, 0.2) is 0 Å². The Labute approximate surface area is 110 Å². The van der Waals surface area contributed by atoms with Crippen LogP contribution in [0.5, 0.6) is 0 Å². The van der Waals surface area contributed by atoms with Crippen LogP contribution >= 0.6 is 0 Å². The quantitative estimate of drug-likeness (QED) is 0.900. The number of carboxylic acids is 1. The molecule has 4 nitrogen and oxygen atoms in total. The molecular weight excluding hydrogens is 247 g/mol. The van der Waals surface area contributed by atoms with Crippen LogP contribution in [0.15, 0.2) is 36.7 Å². The predicted molar refractivity (Wildman–Crippen MR) is 68.4 cm³/mol. The first-order valence-corrected chi connectivity index (χ1v) is 6.10. The first-order valence-electron chi connectivity index (χ1n) is 6.10. The molecule has 1 aromatic heterocycles. The van der Waals surface area contributed by atoms with E-state index in [1.165, 1.54) is 12.1 Å². The van der Waals surface area contributed by atoms with E-state index < -0.39 is 11.9 Å². The average Bonchev–Trinajstić information content (AvgIpc) is 2.83. The number of rotatable bonds is 5. The summed E-state index contributed by atoms with van der Waals surface area (Å²) in [5.41, 5.74) is 0.651. The minimum absolute atomic E-state index is 0.226. The first kappa shape index (κ1) is 13.3. The normalized spacial score (nSPS) is 12.3. The van der Waals surface area contributed by atoms with Crippen molar-refractivity contribution >= 4 is 5.97 Å². The SMILES string of the molecule is CCn1ccnc1C(Cc1cccc(F)c1)C(=O)O. The Morgan fingerprint density at radius 3 is 2.95 bits per heavy atom. The lowest BCUT2D eigenvalue weighted by Gasteiger charge is -2.13. The number of hydrogen-bond acceptors (Lipinski definition) is 2. The zero-order valence-corrected chi connectivity index (χ0v) is 10.6. The number of hydrogen-bond donors (Lipinski definition) is 1. The molecule has 1 N–H and O–H groups in total. The zero-order chi connectivity index (χ0) is 13.8. The van der Waals surface area contributed by atoms with Gasteiger partial charge in [0.1, 0.15) is 17.6 Å². The highest BCUT2D eigenvalue weighted by molar-refractivity contribution is 5.75. The summed E-state index contributed by atoms with van der Waals surface area (Å²) >= 11 is 0. The largest absolute Gasteiger partial charge is 0.481 e. The number of aromatic nitrogens is 2. The molecule has 0 aliphatic heterocycles. The first-order chi connectivity index (χ1) is 9.11. The van der Waals surface area contributed by atoms with Gasteiger partial charge < -0.3 is 9.67 Å². The second kappa shape index (κ2) is 5.65. The van der Waals surface area contributed by atoms with Crippen LogP contribution in [0, 0.1) is 5.82 Å². The molecule has 100 valence electrons. The van der Waals surface area contributed by atoms with Crippen molar-refractivity contribution in [2.24, 2.45) is 0 Å². The molecule has 1 heterocycles. The number of halogens is 1. The minimum atomic E-state index is -0.954. The van der Waals surface area contributed by atoms with Crippen LogP contribution in [0.3, 0.4) is 0 Å². The molecule has 0 spiro atoms. The molecule has 0 aliphatic carbocycles. The summed E-state index contributed by atoms with van der Waals surface area (Å²) in [6.45, 7) is 2.58. The Balaban J connectivity index is 2.29. The summed E-state index contributed by atoms with van der Waals surface area (Å²) < 4.78 is 14.9. The summed E-state index contributed by atoms with van der Waals surface area (Å²) in [7, 11) is 0. The lowest BCUT2D eigenvalue weighted by Crippen LogP contribution is -2.19. The van der Waals surface area contributed by atoms with Crippen LogP contribution in [0.1, 0.15) is 24.2 Å². The van der Waals surface area contributed by atoms with Gasteiger partial charge in [-0.15, -0.1) is 0 Å². The molecular formula is C14H15FN2O2. The fourth-order valence-electron chi connectivity index (χ4n) is 2.09. The molecule has 1 atom stereocenters. The minimum Gasteiger partial charge on any atom is -0.481 e. The zero-order valence-electron chi connectivity index (χ0n) is 10.6. The Morgan fingerprint density at radius 1 is 1.53 bits per heavy atom. The summed E-state index contributed by atoms with van der Waals surface area (Å²) in [5, 5.41) is 9.35. The Kier molecular flexibility index (Phi) is 3.94. The second-order valence-electron chi connectivity index (χ2n) is 4.30. The number of aliphatic carboxylic acids is 1. The molecule has 19 heavy (non-hydrogen) atoms. The lowest BCUT2D eigenvalue weighted by atomic mass is 9.98. The molecule has 2 rings (SSSR count). The highest BCUT2D eigenvalue weighted by Crippen LogP contribution is 2.20. The van der Waals surface area contributed by atoms with Crippen molar-refractivity contribution in [1.82, 2.24) is 9.55 Å². The number of aryl methyl sites for hydroxylation is 1. The van der Waals surface area contributed by atoms with E-state index in [-0.39, 0.29) is 12.2 Å². The summed E-state index contributed by atoms with van der Waals surface area (Å²) in [6.07, 6.45) is 3.56. The molecule has 1 aromatic carbocycles. The molecule has 0 radical (unpaired) electrons. The lowest BCUT2D eigenvalue weighted by molar-refractivity contribution is -0.139. The number of nitrogens with zero attached hydrogens (tertiary/aromatic N) is 2. The van der Waals surface area contributed by atoms with Crippen LogP contribution < -0.4 is 0 Å². The van der Waals surface area contributed by atoms with Gasteiger partial charge in [-0.1, -0.05) is 12.1 Å². The molecule has 0 saturated heterocycles. The van der Waals surface area contributed by atoms with Crippen molar-refractivity contribution in [1.29, 1.82) is 0 Å². The predicted octanol–water partition coefficient (Wildman–Crippen LogP) is 2.45. The molecule has 0 amide bonds. The molecule has 5 heteroatoms. The van der Waals surface area contributed by atoms with E-state index in [4.69, 9.17) is 0 Å². The maximum absolute atomic E-state index is 13.1. The van der Waals surface area contributed by atoms with E-state index in [1.807, 2.05) is 6.92 Å². The van der Waals surface area contributed by atoms with Crippen LogP contribution in [0.25, 0.3) is 0 Å². The Bertz CT molecular complexity index is 580.